The van der Waals surface area contributed by atoms with Crippen LogP contribution in [0.2, 0.25) is 0 Å². The number of nitrogens with one attached hydrogen (secondary N) is 1. The number of aliphatic hydroxyl groups excluding tert-OH is 1. The monoisotopic (exact) mass is 285 g/mol. The summed E-state index contributed by atoms with van der Waals surface area (Å²) in [4.78, 5) is 16.1. The van der Waals surface area contributed by atoms with Gasteiger partial charge in [-0.15, -0.1) is 0 Å². The first-order chi connectivity index (χ1) is 10.1. The fourth-order valence-corrected chi connectivity index (χ4v) is 1.68. The van der Waals surface area contributed by atoms with Gasteiger partial charge in [0.2, 0.25) is 0 Å². The number of amides is 1. The highest BCUT2D eigenvalue weighted by Gasteiger charge is 2.13. The average molecular weight is 285 g/mol. The quantitative estimate of drug-likeness (QED) is 0.837. The molecular formula is C15H15N3O3. The Kier molecular flexibility index (Phi) is 4.69. The topological polar surface area (TPSA) is 88.2 Å². The van der Waals surface area contributed by atoms with Crippen LogP contribution in [0.3, 0.4) is 0 Å². The highest BCUT2D eigenvalue weighted by Crippen LogP contribution is 2.13. The van der Waals surface area contributed by atoms with Crippen molar-refractivity contribution in [2.24, 2.45) is 0 Å². The number of nitrogens with zero attached hydrogens (tertiary/aromatic N) is 2. The smallest absolute Gasteiger partial charge is 0.328 e. The van der Waals surface area contributed by atoms with Gasteiger partial charge in [-0.1, -0.05) is 23.1 Å². The van der Waals surface area contributed by atoms with Gasteiger partial charge in [0.25, 0.3) is 5.91 Å². The molecule has 0 saturated heterocycles. The molecule has 0 bridgehead atoms. The van der Waals surface area contributed by atoms with E-state index < -0.39 is 0 Å². The number of anilines is 1. The molecular weight excluding hydrogens is 270 g/mol. The molecule has 0 radical (unpaired) electrons. The molecule has 0 unspecified atom stereocenters. The molecule has 6 nitrogen and oxygen atoms in total. The number of hydrogen-bond donors (Lipinski definition) is 2. The zero-order chi connectivity index (χ0) is 15.2. The van der Waals surface area contributed by atoms with E-state index in [1.165, 1.54) is 0 Å². The number of aliphatic hydroxyl groups is 1. The number of aromatic nitrogens is 2. The van der Waals surface area contributed by atoms with Crippen LogP contribution in [0.5, 0.6) is 0 Å². The van der Waals surface area contributed by atoms with E-state index in [1.54, 1.807) is 13.0 Å². The van der Waals surface area contributed by atoms with Gasteiger partial charge in [-0.3, -0.25) is 10.1 Å². The summed E-state index contributed by atoms with van der Waals surface area (Å²) in [6, 6.07) is 5.40. The van der Waals surface area contributed by atoms with Gasteiger partial charge in [0.15, 0.2) is 5.82 Å². The largest absolute Gasteiger partial charge is 0.395 e. The Morgan fingerprint density at radius 2 is 2.24 bits per heavy atom. The summed E-state index contributed by atoms with van der Waals surface area (Å²) in [5.41, 5.74) is 2.01. The molecule has 1 heterocycles. The zero-order valence-corrected chi connectivity index (χ0v) is 11.8. The van der Waals surface area contributed by atoms with Crippen LogP contribution in [-0.2, 0) is 0 Å². The van der Waals surface area contributed by atoms with E-state index in [9.17, 15) is 4.79 Å². The van der Waals surface area contributed by atoms with Crippen molar-refractivity contribution in [3.63, 3.8) is 0 Å². The Morgan fingerprint density at radius 1 is 1.43 bits per heavy atom. The van der Waals surface area contributed by atoms with Gasteiger partial charge in [0, 0.05) is 17.5 Å². The van der Waals surface area contributed by atoms with Crippen molar-refractivity contribution in [1.82, 2.24) is 10.1 Å². The lowest BCUT2D eigenvalue weighted by molar-refractivity contribution is 0.102. The van der Waals surface area contributed by atoms with Crippen LogP contribution in [-0.4, -0.2) is 27.8 Å². The van der Waals surface area contributed by atoms with Gasteiger partial charge in [-0.05, 0) is 31.5 Å². The molecule has 0 atom stereocenters. The van der Waals surface area contributed by atoms with Gasteiger partial charge in [0.1, 0.15) is 0 Å². The van der Waals surface area contributed by atoms with E-state index in [0.717, 1.165) is 5.56 Å². The predicted molar refractivity (Wildman–Crippen MR) is 76.7 cm³/mol. The third kappa shape index (κ3) is 3.91. The van der Waals surface area contributed by atoms with Crippen LogP contribution < -0.4 is 5.32 Å². The molecule has 0 fully saturated rings. The number of rotatable bonds is 3. The highest BCUT2D eigenvalue weighted by atomic mass is 16.5. The molecule has 0 aliphatic heterocycles. The highest BCUT2D eigenvalue weighted by molar-refractivity contribution is 6.04. The number of benzene rings is 1. The summed E-state index contributed by atoms with van der Waals surface area (Å²) in [7, 11) is 0. The summed E-state index contributed by atoms with van der Waals surface area (Å²) in [5, 5.41) is 14.9. The molecule has 0 aliphatic carbocycles. The molecule has 1 amide bonds. The van der Waals surface area contributed by atoms with E-state index in [4.69, 9.17) is 9.63 Å². The molecule has 2 rings (SSSR count). The van der Waals surface area contributed by atoms with E-state index in [1.807, 2.05) is 19.1 Å². The van der Waals surface area contributed by atoms with Gasteiger partial charge in [-0.25, -0.2) is 0 Å². The summed E-state index contributed by atoms with van der Waals surface area (Å²) >= 11 is 0. The molecule has 0 spiro atoms. The first-order valence-corrected chi connectivity index (χ1v) is 6.42. The molecule has 0 saturated carbocycles. The fraction of sp³-hybridized carbons (Fsp3) is 0.267. The number of aryl methyl sites for hydroxylation is 2. The minimum Gasteiger partial charge on any atom is -0.395 e. The van der Waals surface area contributed by atoms with Crippen LogP contribution in [0.15, 0.2) is 22.7 Å². The second kappa shape index (κ2) is 6.68. The Morgan fingerprint density at radius 3 is 2.90 bits per heavy atom. The first-order valence-electron chi connectivity index (χ1n) is 6.42. The van der Waals surface area contributed by atoms with Crippen molar-refractivity contribution in [3.8, 4) is 11.8 Å². The Hall–Kier alpha value is -2.65. The summed E-state index contributed by atoms with van der Waals surface area (Å²) in [6.45, 7) is 3.52. The second-order valence-electron chi connectivity index (χ2n) is 4.41. The van der Waals surface area contributed by atoms with Gasteiger partial charge >= 0.3 is 6.01 Å². The van der Waals surface area contributed by atoms with Crippen LogP contribution in [0, 0.1) is 25.7 Å². The molecule has 1 aromatic carbocycles. The molecule has 2 aromatic rings. The third-order valence-electron chi connectivity index (χ3n) is 2.70. The Bertz CT molecular complexity index is 710. The Balaban J connectivity index is 2.20. The maximum absolute atomic E-state index is 12.2. The van der Waals surface area contributed by atoms with Crippen molar-refractivity contribution < 1.29 is 14.4 Å². The zero-order valence-electron chi connectivity index (χ0n) is 11.8. The number of carbonyl (C=O) groups is 1. The number of hydrogen-bond acceptors (Lipinski definition) is 5. The SMILES string of the molecule is Cc1noc(NC(=O)c2cc(C#CCCO)ccc2C)n1. The van der Waals surface area contributed by atoms with Crippen molar-refractivity contribution in [1.29, 1.82) is 0 Å². The van der Waals surface area contributed by atoms with E-state index >= 15 is 0 Å². The van der Waals surface area contributed by atoms with Crippen molar-refractivity contribution in [2.45, 2.75) is 20.3 Å². The molecule has 2 N–H and O–H groups in total. The lowest BCUT2D eigenvalue weighted by atomic mass is 10.0. The van der Waals surface area contributed by atoms with E-state index in [-0.39, 0.29) is 18.5 Å². The second-order valence-corrected chi connectivity index (χ2v) is 4.41. The predicted octanol–water partition coefficient (Wildman–Crippen LogP) is 1.67. The van der Waals surface area contributed by atoms with Crippen LogP contribution >= 0.6 is 0 Å². The van der Waals surface area contributed by atoms with Crippen LogP contribution in [0.1, 0.15) is 33.7 Å². The molecule has 1 aromatic heterocycles. The lowest BCUT2D eigenvalue weighted by Crippen LogP contribution is -2.13. The lowest BCUT2D eigenvalue weighted by Gasteiger charge is -2.05. The van der Waals surface area contributed by atoms with Crippen molar-refractivity contribution >= 4 is 11.9 Å². The first kappa shape index (κ1) is 14.8. The minimum absolute atomic E-state index is 0.0166. The van der Waals surface area contributed by atoms with Crippen LogP contribution in [0.25, 0.3) is 0 Å². The number of carbonyl (C=O) groups excluding carboxylic acids is 1. The Labute approximate surface area is 122 Å². The summed E-state index contributed by atoms with van der Waals surface area (Å²) in [5.74, 6) is 5.83. The third-order valence-corrected chi connectivity index (χ3v) is 2.70. The summed E-state index contributed by atoms with van der Waals surface area (Å²) < 4.78 is 4.86. The average Bonchev–Trinajstić information content (AvgIpc) is 2.86. The fourth-order valence-electron chi connectivity index (χ4n) is 1.68. The van der Waals surface area contributed by atoms with Crippen molar-refractivity contribution in [2.75, 3.05) is 11.9 Å². The molecule has 0 aliphatic rings. The normalized spacial score (nSPS) is 9.86. The summed E-state index contributed by atoms with van der Waals surface area (Å²) in [6.07, 6.45) is 0.399. The van der Waals surface area contributed by atoms with Crippen LogP contribution in [0.4, 0.5) is 6.01 Å². The maximum Gasteiger partial charge on any atom is 0.328 e. The molecule has 6 heteroatoms. The maximum atomic E-state index is 12.2. The van der Waals surface area contributed by atoms with E-state index in [0.29, 0.717) is 23.4 Å². The molecule has 21 heavy (non-hydrogen) atoms. The molecule has 108 valence electrons. The standard InChI is InChI=1S/C15H15N3O3/c1-10-6-7-12(5-3-4-8-19)9-13(10)14(20)17-15-16-11(2)18-21-15/h6-7,9,19H,4,8H2,1-2H3,(H,16,17,18,20). The van der Waals surface area contributed by atoms with E-state index in [2.05, 4.69) is 27.3 Å². The van der Waals surface area contributed by atoms with Crippen molar-refractivity contribution in [3.05, 3.63) is 40.7 Å². The van der Waals surface area contributed by atoms with Gasteiger partial charge in [0.05, 0.1) is 6.61 Å². The van der Waals surface area contributed by atoms with Gasteiger partial charge in [-0.2, -0.15) is 4.98 Å². The minimum atomic E-state index is -0.332. The van der Waals surface area contributed by atoms with Gasteiger partial charge < -0.3 is 9.63 Å².